The number of carboxylic acids is 1. The van der Waals surface area contributed by atoms with Crippen LogP contribution >= 0.6 is 11.6 Å². The lowest BCUT2D eigenvalue weighted by atomic mass is 9.71. The number of aromatic carboxylic acids is 1. The molecule has 1 aliphatic heterocycles. The number of ether oxygens (including phenoxy) is 1. The number of rotatable bonds is 3. The molecule has 0 atom stereocenters. The van der Waals surface area contributed by atoms with Crippen LogP contribution in [0.4, 0.5) is 5.69 Å². The molecule has 2 N–H and O–H groups in total. The molecule has 1 spiro atoms. The highest BCUT2D eigenvalue weighted by atomic mass is 35.5. The molecule has 27 heavy (non-hydrogen) atoms. The number of nitrogens with zero attached hydrogens (tertiary/aromatic N) is 2. The third kappa shape index (κ3) is 3.02. The normalized spacial score (nSPS) is 23.8. The number of nitrogens with one attached hydrogen (secondary N) is 1. The van der Waals surface area contributed by atoms with Gasteiger partial charge in [0.2, 0.25) is 11.8 Å². The fourth-order valence-electron chi connectivity index (χ4n) is 3.87. The predicted octanol–water partition coefficient (Wildman–Crippen LogP) is 3.35. The molecule has 2 aromatic rings. The minimum atomic E-state index is -1.10. The number of aromatic nitrogens is 2. The summed E-state index contributed by atoms with van der Waals surface area (Å²) in [6, 6.07) is 4.82. The zero-order chi connectivity index (χ0) is 19.2. The Hall–Kier alpha value is -2.67. The molecule has 1 saturated carbocycles. The molecule has 1 amide bonds. The SMILES string of the molecule is Cc1cc(Cl)cnc1O[C@H]1CC[C@@]2(CC1)C(=O)Nc1ccc(C(=O)O)nc12. The molecule has 4 rings (SSSR count). The second kappa shape index (κ2) is 6.49. The number of anilines is 1. The monoisotopic (exact) mass is 387 g/mol. The van der Waals surface area contributed by atoms with Crippen LogP contribution in [-0.2, 0) is 10.2 Å². The van der Waals surface area contributed by atoms with E-state index < -0.39 is 11.4 Å². The van der Waals surface area contributed by atoms with Crippen LogP contribution in [0.2, 0.25) is 5.02 Å². The molecule has 1 fully saturated rings. The number of aryl methyl sites for hydroxylation is 1. The van der Waals surface area contributed by atoms with Gasteiger partial charge in [0.15, 0.2) is 0 Å². The molecule has 140 valence electrons. The van der Waals surface area contributed by atoms with E-state index in [1.807, 2.05) is 6.92 Å². The van der Waals surface area contributed by atoms with Gasteiger partial charge in [-0.1, -0.05) is 11.6 Å². The van der Waals surface area contributed by atoms with Gasteiger partial charge in [-0.15, -0.1) is 0 Å². The van der Waals surface area contributed by atoms with E-state index in [-0.39, 0.29) is 17.7 Å². The van der Waals surface area contributed by atoms with Crippen molar-refractivity contribution in [3.05, 3.63) is 46.4 Å². The van der Waals surface area contributed by atoms with Crippen molar-refractivity contribution in [1.29, 1.82) is 0 Å². The van der Waals surface area contributed by atoms with Gasteiger partial charge in [0, 0.05) is 11.8 Å². The fraction of sp³-hybridized carbons (Fsp3) is 0.368. The second-order valence-corrected chi connectivity index (χ2v) is 7.46. The number of amides is 1. The van der Waals surface area contributed by atoms with Crippen molar-refractivity contribution in [3.8, 4) is 5.88 Å². The van der Waals surface area contributed by atoms with Gasteiger partial charge in [-0.25, -0.2) is 14.8 Å². The van der Waals surface area contributed by atoms with Crippen LogP contribution in [0.15, 0.2) is 24.4 Å². The van der Waals surface area contributed by atoms with Crippen molar-refractivity contribution >= 4 is 29.2 Å². The van der Waals surface area contributed by atoms with Crippen molar-refractivity contribution in [1.82, 2.24) is 9.97 Å². The maximum absolute atomic E-state index is 12.7. The molecule has 0 radical (unpaired) electrons. The average Bonchev–Trinajstić information content (AvgIpc) is 2.90. The van der Waals surface area contributed by atoms with E-state index >= 15 is 0 Å². The number of carbonyl (C=O) groups excluding carboxylic acids is 1. The molecule has 0 bridgehead atoms. The first-order valence-electron chi connectivity index (χ1n) is 8.74. The third-order valence-corrected chi connectivity index (χ3v) is 5.52. The van der Waals surface area contributed by atoms with Crippen molar-refractivity contribution in [2.45, 2.75) is 44.1 Å². The molecular formula is C19H18ClN3O4. The number of hydrogen-bond donors (Lipinski definition) is 2. The molecule has 1 aliphatic carbocycles. The summed E-state index contributed by atoms with van der Waals surface area (Å²) in [5.41, 5.74) is 1.15. The van der Waals surface area contributed by atoms with Crippen molar-refractivity contribution < 1.29 is 19.4 Å². The Labute approximate surface area is 160 Å². The van der Waals surface area contributed by atoms with Crippen LogP contribution in [0.5, 0.6) is 5.88 Å². The summed E-state index contributed by atoms with van der Waals surface area (Å²) in [5.74, 6) is -0.677. The molecule has 0 aromatic carbocycles. The quantitative estimate of drug-likeness (QED) is 0.837. The maximum Gasteiger partial charge on any atom is 0.354 e. The third-order valence-electron chi connectivity index (χ3n) is 5.31. The fourth-order valence-corrected chi connectivity index (χ4v) is 4.08. The van der Waals surface area contributed by atoms with Crippen molar-refractivity contribution in [2.75, 3.05) is 5.32 Å². The zero-order valence-electron chi connectivity index (χ0n) is 14.7. The number of hydrogen-bond acceptors (Lipinski definition) is 5. The Morgan fingerprint density at radius 3 is 2.78 bits per heavy atom. The molecular weight excluding hydrogens is 370 g/mol. The first kappa shape index (κ1) is 17.7. The Morgan fingerprint density at radius 2 is 2.11 bits per heavy atom. The summed E-state index contributed by atoms with van der Waals surface area (Å²) in [6.45, 7) is 1.89. The van der Waals surface area contributed by atoms with Crippen LogP contribution in [0.25, 0.3) is 0 Å². The van der Waals surface area contributed by atoms with Gasteiger partial charge in [-0.05, 0) is 50.8 Å². The van der Waals surface area contributed by atoms with Gasteiger partial charge in [-0.2, -0.15) is 0 Å². The molecule has 8 heteroatoms. The standard InChI is InChI=1S/C19H18ClN3O4/c1-10-8-11(20)9-21-16(10)27-12-4-6-19(7-5-12)15-13(23-18(19)26)2-3-14(22-15)17(24)25/h2-3,8-9,12H,4-7H2,1H3,(H,23,26)(H,24,25)/t12-,19-. The number of fused-ring (bicyclic) bond motifs is 2. The highest BCUT2D eigenvalue weighted by molar-refractivity contribution is 6.30. The highest BCUT2D eigenvalue weighted by Crippen LogP contribution is 2.47. The van der Waals surface area contributed by atoms with Gasteiger partial charge in [-0.3, -0.25) is 4.79 Å². The zero-order valence-corrected chi connectivity index (χ0v) is 15.4. The van der Waals surface area contributed by atoms with Crippen LogP contribution in [-0.4, -0.2) is 33.1 Å². The van der Waals surface area contributed by atoms with Gasteiger partial charge < -0.3 is 15.2 Å². The molecule has 3 heterocycles. The smallest absolute Gasteiger partial charge is 0.354 e. The minimum Gasteiger partial charge on any atom is -0.477 e. The largest absolute Gasteiger partial charge is 0.477 e. The van der Waals surface area contributed by atoms with E-state index in [0.29, 0.717) is 48.0 Å². The van der Waals surface area contributed by atoms with Crippen LogP contribution in [0, 0.1) is 6.92 Å². The lowest BCUT2D eigenvalue weighted by Crippen LogP contribution is -2.41. The summed E-state index contributed by atoms with van der Waals surface area (Å²) in [7, 11) is 0. The lowest BCUT2D eigenvalue weighted by molar-refractivity contribution is -0.122. The van der Waals surface area contributed by atoms with E-state index in [0.717, 1.165) is 5.56 Å². The van der Waals surface area contributed by atoms with Crippen molar-refractivity contribution in [3.63, 3.8) is 0 Å². The Balaban J connectivity index is 1.54. The van der Waals surface area contributed by atoms with Crippen LogP contribution < -0.4 is 10.1 Å². The first-order chi connectivity index (χ1) is 12.9. The van der Waals surface area contributed by atoms with Crippen LogP contribution in [0.3, 0.4) is 0 Å². The van der Waals surface area contributed by atoms with Gasteiger partial charge in [0.25, 0.3) is 0 Å². The van der Waals surface area contributed by atoms with E-state index in [4.69, 9.17) is 16.3 Å². The van der Waals surface area contributed by atoms with E-state index in [1.54, 1.807) is 18.3 Å². The number of halogens is 1. The summed E-state index contributed by atoms with van der Waals surface area (Å²) < 4.78 is 6.01. The summed E-state index contributed by atoms with van der Waals surface area (Å²) in [5, 5.41) is 12.6. The molecule has 0 saturated heterocycles. The summed E-state index contributed by atoms with van der Waals surface area (Å²) in [6.07, 6.45) is 3.86. The Morgan fingerprint density at radius 1 is 1.37 bits per heavy atom. The average molecular weight is 388 g/mol. The first-order valence-corrected chi connectivity index (χ1v) is 9.12. The lowest BCUT2D eigenvalue weighted by Gasteiger charge is -2.35. The number of carbonyl (C=O) groups is 2. The molecule has 2 aliphatic rings. The maximum atomic E-state index is 12.7. The van der Waals surface area contributed by atoms with Gasteiger partial charge >= 0.3 is 5.97 Å². The summed E-state index contributed by atoms with van der Waals surface area (Å²) >= 11 is 5.93. The number of pyridine rings is 2. The molecule has 2 aromatic heterocycles. The van der Waals surface area contributed by atoms with Crippen LogP contribution in [0.1, 0.15) is 47.4 Å². The summed E-state index contributed by atoms with van der Waals surface area (Å²) in [4.78, 5) is 32.4. The molecule has 0 unspecified atom stereocenters. The van der Waals surface area contributed by atoms with Gasteiger partial charge in [0.05, 0.1) is 21.8 Å². The van der Waals surface area contributed by atoms with Gasteiger partial charge in [0.1, 0.15) is 11.8 Å². The van der Waals surface area contributed by atoms with E-state index in [1.165, 1.54) is 6.07 Å². The predicted molar refractivity (Wildman–Crippen MR) is 98.4 cm³/mol. The molecule has 7 nitrogen and oxygen atoms in total. The van der Waals surface area contributed by atoms with Crippen molar-refractivity contribution in [2.24, 2.45) is 0 Å². The Bertz CT molecular complexity index is 939. The van der Waals surface area contributed by atoms with E-state index in [2.05, 4.69) is 15.3 Å². The topological polar surface area (TPSA) is 101 Å². The Kier molecular flexibility index (Phi) is 4.26. The minimum absolute atomic E-state index is 0.0519. The second-order valence-electron chi connectivity index (χ2n) is 7.03. The highest BCUT2D eigenvalue weighted by Gasteiger charge is 2.50. The van der Waals surface area contributed by atoms with E-state index in [9.17, 15) is 14.7 Å². The number of carboxylic acid groups (broad SMARTS) is 1.